The molecule has 0 saturated heterocycles. The lowest BCUT2D eigenvalue weighted by molar-refractivity contribution is 0.828. The zero-order chi connectivity index (χ0) is 18.0. The minimum atomic E-state index is 1.01. The number of unbranched alkanes of at least 4 members (excludes halogenated alkanes) is 2. The molecule has 2 aromatic carbocycles. The first-order valence-corrected chi connectivity index (χ1v) is 9.67. The summed E-state index contributed by atoms with van der Waals surface area (Å²) in [7, 11) is 0. The molecule has 0 atom stereocenters. The van der Waals surface area contributed by atoms with E-state index in [9.17, 15) is 0 Å². The first-order valence-electron chi connectivity index (χ1n) is 9.67. The molecule has 0 unspecified atom stereocenters. The van der Waals surface area contributed by atoms with Crippen molar-refractivity contribution in [3.05, 3.63) is 94.7 Å². The molecule has 0 aromatic heterocycles. The van der Waals surface area contributed by atoms with Crippen LogP contribution < -0.4 is 0 Å². The van der Waals surface area contributed by atoms with Gasteiger partial charge in [-0.3, -0.25) is 0 Å². The van der Waals surface area contributed by atoms with E-state index in [4.69, 9.17) is 0 Å². The van der Waals surface area contributed by atoms with Gasteiger partial charge in [0.15, 0.2) is 0 Å². The summed E-state index contributed by atoms with van der Waals surface area (Å²) in [6.07, 6.45) is 9.01. The van der Waals surface area contributed by atoms with Gasteiger partial charge in [0.2, 0.25) is 0 Å². The van der Waals surface area contributed by atoms with Gasteiger partial charge < -0.3 is 0 Å². The van der Waals surface area contributed by atoms with Crippen molar-refractivity contribution < 1.29 is 0 Å². The Morgan fingerprint density at radius 2 is 1.58 bits per heavy atom. The van der Waals surface area contributed by atoms with Crippen LogP contribution in [0.15, 0.2) is 83.6 Å². The SMILES string of the molecule is CCCCC#CC1=C(C=C=C(c2ccccc2)c2ccccc2)CCC1. The van der Waals surface area contributed by atoms with E-state index in [0.29, 0.717) is 0 Å². The summed E-state index contributed by atoms with van der Waals surface area (Å²) in [5, 5.41) is 0. The largest absolute Gasteiger partial charge is 0.111 e. The van der Waals surface area contributed by atoms with Crippen LogP contribution in [0.1, 0.15) is 56.6 Å². The third kappa shape index (κ3) is 4.89. The smallest absolute Gasteiger partial charge is 0.0309 e. The highest BCUT2D eigenvalue weighted by molar-refractivity contribution is 5.79. The van der Waals surface area contributed by atoms with Gasteiger partial charge in [-0.15, -0.1) is 5.73 Å². The monoisotopic (exact) mass is 338 g/mol. The average molecular weight is 338 g/mol. The van der Waals surface area contributed by atoms with E-state index in [2.05, 4.69) is 91.2 Å². The summed E-state index contributed by atoms with van der Waals surface area (Å²) >= 11 is 0. The average Bonchev–Trinajstić information content (AvgIpc) is 3.14. The molecule has 0 amide bonds. The Kier molecular flexibility index (Phi) is 6.72. The van der Waals surface area contributed by atoms with Crippen molar-refractivity contribution >= 4 is 5.57 Å². The standard InChI is InChI=1S/C26H26/c1-2-3-4-7-13-22-18-12-19-23(22)20-21-26(24-14-8-5-9-15-24)25-16-10-6-11-17-25/h5-6,8-11,14-17,20H,2-4,12,18-19H2,1H3. The number of hydrogen-bond donors (Lipinski definition) is 0. The molecule has 1 aliphatic rings. The van der Waals surface area contributed by atoms with Crippen molar-refractivity contribution in [1.29, 1.82) is 0 Å². The second-order valence-electron chi connectivity index (χ2n) is 6.66. The van der Waals surface area contributed by atoms with Gasteiger partial charge in [-0.2, -0.15) is 0 Å². The van der Waals surface area contributed by atoms with E-state index in [1.165, 1.54) is 41.5 Å². The molecule has 0 heterocycles. The summed E-state index contributed by atoms with van der Waals surface area (Å²) in [5.74, 6) is 6.77. The molecule has 3 rings (SSSR count). The van der Waals surface area contributed by atoms with Gasteiger partial charge in [-0.05, 0) is 48.5 Å². The summed E-state index contributed by atoms with van der Waals surface area (Å²) < 4.78 is 0. The third-order valence-corrected chi connectivity index (χ3v) is 4.67. The van der Waals surface area contributed by atoms with E-state index >= 15 is 0 Å². The lowest BCUT2D eigenvalue weighted by Gasteiger charge is -2.05. The van der Waals surface area contributed by atoms with Crippen molar-refractivity contribution in [1.82, 2.24) is 0 Å². The Hall–Kier alpha value is -2.74. The van der Waals surface area contributed by atoms with Crippen molar-refractivity contribution in [3.8, 4) is 11.8 Å². The van der Waals surface area contributed by atoms with Gasteiger partial charge in [-0.1, -0.05) is 85.8 Å². The molecule has 2 aromatic rings. The first-order chi connectivity index (χ1) is 12.9. The summed E-state index contributed by atoms with van der Waals surface area (Å²) in [5.41, 5.74) is 9.80. The zero-order valence-corrected chi connectivity index (χ0v) is 15.6. The zero-order valence-electron chi connectivity index (χ0n) is 15.6. The Bertz CT molecular complexity index is 822. The van der Waals surface area contributed by atoms with E-state index in [0.717, 1.165) is 24.8 Å². The number of allylic oxidation sites excluding steroid dienone is 3. The lowest BCUT2D eigenvalue weighted by Crippen LogP contribution is -1.86. The van der Waals surface area contributed by atoms with Gasteiger partial charge in [0.1, 0.15) is 0 Å². The summed E-state index contributed by atoms with van der Waals surface area (Å²) in [4.78, 5) is 0. The lowest BCUT2D eigenvalue weighted by atomic mass is 9.98. The van der Waals surface area contributed by atoms with Crippen LogP contribution in [0.5, 0.6) is 0 Å². The quantitative estimate of drug-likeness (QED) is 0.314. The highest BCUT2D eigenvalue weighted by Crippen LogP contribution is 2.28. The molecule has 0 N–H and O–H groups in total. The number of benzene rings is 2. The maximum atomic E-state index is 3.59. The van der Waals surface area contributed by atoms with E-state index in [1.54, 1.807) is 0 Å². The Balaban J connectivity index is 1.97. The minimum absolute atomic E-state index is 1.01. The molecule has 0 heteroatoms. The van der Waals surface area contributed by atoms with Gasteiger partial charge in [0, 0.05) is 17.6 Å². The van der Waals surface area contributed by atoms with Crippen molar-refractivity contribution in [2.45, 2.75) is 45.4 Å². The maximum absolute atomic E-state index is 3.59. The Labute approximate surface area is 158 Å². The fourth-order valence-corrected chi connectivity index (χ4v) is 3.21. The fraction of sp³-hybridized carbons (Fsp3) is 0.269. The van der Waals surface area contributed by atoms with Crippen LogP contribution in [0.2, 0.25) is 0 Å². The second kappa shape index (κ2) is 9.67. The van der Waals surface area contributed by atoms with Crippen LogP contribution in [0.4, 0.5) is 0 Å². The van der Waals surface area contributed by atoms with Gasteiger partial charge in [0.05, 0.1) is 0 Å². The fourth-order valence-electron chi connectivity index (χ4n) is 3.21. The molecule has 0 spiro atoms. The van der Waals surface area contributed by atoms with Crippen molar-refractivity contribution in [2.75, 3.05) is 0 Å². The van der Waals surface area contributed by atoms with E-state index < -0.39 is 0 Å². The van der Waals surface area contributed by atoms with Gasteiger partial charge in [-0.25, -0.2) is 0 Å². The predicted molar refractivity (Wildman–Crippen MR) is 112 cm³/mol. The van der Waals surface area contributed by atoms with Gasteiger partial charge >= 0.3 is 0 Å². The Morgan fingerprint density at radius 3 is 2.19 bits per heavy atom. The number of rotatable bonds is 5. The number of hydrogen-bond acceptors (Lipinski definition) is 0. The topological polar surface area (TPSA) is 0 Å². The summed E-state index contributed by atoms with van der Waals surface area (Å²) in [6.45, 7) is 2.21. The molecule has 1 aliphatic carbocycles. The normalized spacial score (nSPS) is 13.0. The molecule has 130 valence electrons. The molecule has 0 nitrogen and oxygen atoms in total. The van der Waals surface area contributed by atoms with Crippen LogP contribution in [0, 0.1) is 11.8 Å². The molecule has 0 saturated carbocycles. The highest BCUT2D eigenvalue weighted by Gasteiger charge is 2.10. The van der Waals surface area contributed by atoms with Crippen LogP contribution in [0.25, 0.3) is 5.57 Å². The molecule has 26 heavy (non-hydrogen) atoms. The van der Waals surface area contributed by atoms with Crippen molar-refractivity contribution in [2.24, 2.45) is 0 Å². The van der Waals surface area contributed by atoms with Crippen molar-refractivity contribution in [3.63, 3.8) is 0 Å². The van der Waals surface area contributed by atoms with E-state index in [1.807, 2.05) is 0 Å². The molecular weight excluding hydrogens is 312 g/mol. The molecule has 0 bridgehead atoms. The van der Waals surface area contributed by atoms with E-state index in [-0.39, 0.29) is 0 Å². The summed E-state index contributed by atoms with van der Waals surface area (Å²) in [6, 6.07) is 21.0. The molecule has 0 fully saturated rings. The highest BCUT2D eigenvalue weighted by atomic mass is 14.1. The van der Waals surface area contributed by atoms with Crippen LogP contribution in [-0.4, -0.2) is 0 Å². The molecule has 0 radical (unpaired) electrons. The minimum Gasteiger partial charge on any atom is -0.111 e. The van der Waals surface area contributed by atoms with Crippen LogP contribution >= 0.6 is 0 Å². The van der Waals surface area contributed by atoms with Crippen LogP contribution in [0.3, 0.4) is 0 Å². The Morgan fingerprint density at radius 1 is 0.923 bits per heavy atom. The third-order valence-electron chi connectivity index (χ3n) is 4.67. The maximum Gasteiger partial charge on any atom is 0.0309 e. The predicted octanol–water partition coefficient (Wildman–Crippen LogP) is 6.95. The first kappa shape index (κ1) is 18.1. The molecular formula is C26H26. The second-order valence-corrected chi connectivity index (χ2v) is 6.66. The van der Waals surface area contributed by atoms with Gasteiger partial charge in [0.25, 0.3) is 0 Å². The van der Waals surface area contributed by atoms with Crippen LogP contribution in [-0.2, 0) is 0 Å². The molecule has 0 aliphatic heterocycles.